The van der Waals surface area contributed by atoms with Gasteiger partial charge in [-0.05, 0) is 24.6 Å². The van der Waals surface area contributed by atoms with E-state index in [0.717, 1.165) is 4.47 Å². The molecular weight excluding hydrogens is 326 g/mol. The summed E-state index contributed by atoms with van der Waals surface area (Å²) in [5.74, 6) is 0.312. The number of nitrogens with one attached hydrogen (secondary N) is 1. The number of hydrogen-bond donors (Lipinski definition) is 1. The maximum atomic E-state index is 12.0. The molecule has 1 aromatic rings. The highest BCUT2D eigenvalue weighted by atomic mass is 79.9. The minimum absolute atomic E-state index is 0.178. The van der Waals surface area contributed by atoms with Gasteiger partial charge in [-0.15, -0.1) is 0 Å². The Morgan fingerprint density at radius 1 is 1.41 bits per heavy atom. The number of halogens is 1. The lowest BCUT2D eigenvalue weighted by Crippen LogP contribution is -2.28. The van der Waals surface area contributed by atoms with E-state index in [1.54, 1.807) is 31.4 Å². The molecule has 0 aliphatic heterocycles. The third-order valence-electron chi connectivity index (χ3n) is 2.19. The molecule has 0 heterocycles. The Morgan fingerprint density at radius 2 is 2.06 bits per heavy atom. The van der Waals surface area contributed by atoms with Gasteiger partial charge in [-0.3, -0.25) is 4.21 Å². The van der Waals surface area contributed by atoms with Crippen LogP contribution in [0.3, 0.4) is 0 Å². The van der Waals surface area contributed by atoms with Gasteiger partial charge in [0.25, 0.3) is 0 Å². The van der Waals surface area contributed by atoms with Crippen LogP contribution in [0.2, 0.25) is 0 Å². The van der Waals surface area contributed by atoms with Gasteiger partial charge in [0.05, 0.1) is 4.90 Å². The lowest BCUT2D eigenvalue weighted by molar-refractivity contribution is 0.583. The van der Waals surface area contributed by atoms with Crippen LogP contribution in [0.1, 0.15) is 5.56 Å². The Hall–Kier alpha value is -0.240. The van der Waals surface area contributed by atoms with Gasteiger partial charge in [0.2, 0.25) is 10.0 Å². The molecule has 17 heavy (non-hydrogen) atoms. The topological polar surface area (TPSA) is 63.2 Å². The molecule has 0 radical (unpaired) electrons. The highest BCUT2D eigenvalue weighted by Crippen LogP contribution is 2.22. The van der Waals surface area contributed by atoms with Gasteiger partial charge < -0.3 is 0 Å². The fourth-order valence-corrected chi connectivity index (χ4v) is 3.59. The van der Waals surface area contributed by atoms with Crippen molar-refractivity contribution < 1.29 is 12.6 Å². The first-order valence-corrected chi connectivity index (χ1v) is 8.90. The summed E-state index contributed by atoms with van der Waals surface area (Å²) in [6, 6.07) is 5.00. The van der Waals surface area contributed by atoms with Gasteiger partial charge in [0.15, 0.2) is 0 Å². The number of sulfonamides is 1. The average Bonchev–Trinajstić information content (AvgIpc) is 2.21. The van der Waals surface area contributed by atoms with Crippen molar-refractivity contribution in [1.29, 1.82) is 0 Å². The molecule has 0 fully saturated rings. The third-order valence-corrected chi connectivity index (χ3v) is 5.43. The van der Waals surface area contributed by atoms with Crippen LogP contribution in [0.25, 0.3) is 0 Å². The molecule has 0 saturated heterocycles. The Kier molecular flexibility index (Phi) is 5.30. The maximum absolute atomic E-state index is 12.0. The monoisotopic (exact) mass is 339 g/mol. The molecule has 4 nitrogen and oxygen atoms in total. The lowest BCUT2D eigenvalue weighted by atomic mass is 10.2. The zero-order chi connectivity index (χ0) is 13.1. The van der Waals surface area contributed by atoms with Crippen LogP contribution in [0.4, 0.5) is 0 Å². The van der Waals surface area contributed by atoms with E-state index in [0.29, 0.717) is 11.3 Å². The minimum atomic E-state index is -3.52. The summed E-state index contributed by atoms with van der Waals surface area (Å²) in [5.41, 5.74) is 0.664. The molecule has 0 aliphatic carbocycles. The zero-order valence-corrected chi connectivity index (χ0v) is 12.8. The molecular formula is C10H14BrNO3S2. The smallest absolute Gasteiger partial charge is 0.240 e. The summed E-state index contributed by atoms with van der Waals surface area (Å²) in [7, 11) is -4.53. The molecule has 0 amide bonds. The maximum Gasteiger partial charge on any atom is 0.240 e. The molecule has 96 valence electrons. The second kappa shape index (κ2) is 6.08. The summed E-state index contributed by atoms with van der Waals surface area (Å²) in [6.07, 6.45) is 1.54. The second-order valence-corrected chi connectivity index (χ2v) is 7.68. The predicted molar refractivity (Wildman–Crippen MR) is 73.0 cm³/mol. The molecule has 1 unspecified atom stereocenters. The van der Waals surface area contributed by atoms with E-state index < -0.39 is 20.8 Å². The third kappa shape index (κ3) is 4.17. The van der Waals surface area contributed by atoms with Gasteiger partial charge in [-0.1, -0.05) is 22.0 Å². The second-order valence-electron chi connectivity index (χ2n) is 3.54. The molecule has 0 bridgehead atoms. The molecule has 7 heteroatoms. The van der Waals surface area contributed by atoms with Crippen molar-refractivity contribution in [3.05, 3.63) is 28.2 Å². The fourth-order valence-electron chi connectivity index (χ4n) is 1.28. The number of hydrogen-bond acceptors (Lipinski definition) is 3. The SMILES string of the molecule is Cc1c(Br)cccc1S(=O)(=O)NCCS(C)=O. The van der Waals surface area contributed by atoms with Crippen molar-refractivity contribution >= 4 is 36.8 Å². The van der Waals surface area contributed by atoms with Gasteiger partial charge in [-0.25, -0.2) is 13.1 Å². The van der Waals surface area contributed by atoms with Crippen LogP contribution in [0, 0.1) is 6.92 Å². The van der Waals surface area contributed by atoms with Crippen LogP contribution < -0.4 is 4.72 Å². The first-order chi connectivity index (χ1) is 7.84. The fraction of sp³-hybridized carbons (Fsp3) is 0.400. The molecule has 1 aromatic carbocycles. The van der Waals surface area contributed by atoms with E-state index in [2.05, 4.69) is 20.7 Å². The minimum Gasteiger partial charge on any atom is -0.260 e. The van der Waals surface area contributed by atoms with E-state index in [1.165, 1.54) is 0 Å². The highest BCUT2D eigenvalue weighted by Gasteiger charge is 2.17. The summed E-state index contributed by atoms with van der Waals surface area (Å²) >= 11 is 3.29. The van der Waals surface area contributed by atoms with E-state index in [-0.39, 0.29) is 11.4 Å². The molecule has 1 N–H and O–H groups in total. The normalized spacial score (nSPS) is 13.6. The summed E-state index contributed by atoms with van der Waals surface area (Å²) in [4.78, 5) is 0.244. The first kappa shape index (κ1) is 14.8. The molecule has 0 saturated carbocycles. The van der Waals surface area contributed by atoms with Crippen molar-refractivity contribution in [3.63, 3.8) is 0 Å². The number of benzene rings is 1. The van der Waals surface area contributed by atoms with Crippen molar-refractivity contribution in [1.82, 2.24) is 4.72 Å². The Bertz CT molecular complexity index is 528. The average molecular weight is 340 g/mol. The standard InChI is InChI=1S/C10H14BrNO3S2/c1-8-9(11)4-3-5-10(8)17(14,15)12-6-7-16(2)13/h3-5,12H,6-7H2,1-2H3. The molecule has 0 aromatic heterocycles. The Morgan fingerprint density at radius 3 is 2.65 bits per heavy atom. The van der Waals surface area contributed by atoms with Gasteiger partial charge in [0.1, 0.15) is 0 Å². The lowest BCUT2D eigenvalue weighted by Gasteiger charge is -2.09. The van der Waals surface area contributed by atoms with Gasteiger partial charge >= 0.3 is 0 Å². The Labute approximate surface area is 112 Å². The summed E-state index contributed by atoms with van der Waals surface area (Å²) in [6.45, 7) is 1.91. The van der Waals surface area contributed by atoms with Crippen molar-refractivity contribution in [2.75, 3.05) is 18.6 Å². The van der Waals surface area contributed by atoms with Crippen LogP contribution in [-0.4, -0.2) is 31.2 Å². The molecule has 1 rings (SSSR count). The van der Waals surface area contributed by atoms with Crippen LogP contribution in [-0.2, 0) is 20.8 Å². The van der Waals surface area contributed by atoms with Crippen molar-refractivity contribution in [3.8, 4) is 0 Å². The van der Waals surface area contributed by atoms with E-state index in [4.69, 9.17) is 0 Å². The predicted octanol–water partition coefficient (Wildman–Crippen LogP) is 1.41. The van der Waals surface area contributed by atoms with Crippen molar-refractivity contribution in [2.24, 2.45) is 0 Å². The quantitative estimate of drug-likeness (QED) is 0.882. The van der Waals surface area contributed by atoms with Gasteiger partial charge in [-0.2, -0.15) is 0 Å². The van der Waals surface area contributed by atoms with Crippen molar-refractivity contribution in [2.45, 2.75) is 11.8 Å². The van der Waals surface area contributed by atoms with E-state index >= 15 is 0 Å². The van der Waals surface area contributed by atoms with E-state index in [1.807, 2.05) is 0 Å². The highest BCUT2D eigenvalue weighted by molar-refractivity contribution is 9.10. The number of rotatable bonds is 5. The first-order valence-electron chi connectivity index (χ1n) is 4.89. The van der Waals surface area contributed by atoms with E-state index in [9.17, 15) is 12.6 Å². The van der Waals surface area contributed by atoms with Crippen LogP contribution in [0.15, 0.2) is 27.6 Å². The zero-order valence-electron chi connectivity index (χ0n) is 9.57. The van der Waals surface area contributed by atoms with Crippen LogP contribution in [0.5, 0.6) is 0 Å². The molecule has 0 spiro atoms. The Balaban J connectivity index is 2.90. The van der Waals surface area contributed by atoms with Crippen LogP contribution >= 0.6 is 15.9 Å². The summed E-state index contributed by atoms with van der Waals surface area (Å²) in [5, 5.41) is 0. The molecule has 1 atom stereocenters. The largest absolute Gasteiger partial charge is 0.260 e. The summed E-state index contributed by atoms with van der Waals surface area (Å²) < 4.78 is 38.0. The molecule has 0 aliphatic rings. The van der Waals surface area contributed by atoms with Gasteiger partial charge in [0, 0.05) is 33.8 Å².